The number of nitrogens with zero attached hydrogens (tertiary/aromatic N) is 2. The normalized spacial score (nSPS) is 13.1. The maximum atomic E-state index is 12.0. The lowest BCUT2D eigenvalue weighted by Crippen LogP contribution is -2.40. The molecule has 6 nitrogen and oxygen atoms in total. The van der Waals surface area contributed by atoms with Gasteiger partial charge in [-0.15, -0.1) is 0 Å². The van der Waals surface area contributed by atoms with Crippen molar-refractivity contribution in [3.63, 3.8) is 0 Å². The van der Waals surface area contributed by atoms with E-state index in [0.717, 1.165) is 0 Å². The molecule has 1 aromatic heterocycles. The van der Waals surface area contributed by atoms with Crippen molar-refractivity contribution >= 4 is 16.8 Å². The first-order valence-electron chi connectivity index (χ1n) is 7.18. The molecule has 0 radical (unpaired) electrons. The number of amides is 1. The fraction of sp³-hybridized carbons (Fsp3) is 0.438. The fourth-order valence-corrected chi connectivity index (χ4v) is 2.00. The third kappa shape index (κ3) is 3.71. The van der Waals surface area contributed by atoms with E-state index in [4.69, 9.17) is 0 Å². The fourth-order valence-electron chi connectivity index (χ4n) is 2.00. The Labute approximate surface area is 128 Å². The molecule has 0 saturated carbocycles. The molecule has 0 aliphatic heterocycles. The number of aliphatic hydroxyl groups excluding tert-OH is 1. The monoisotopic (exact) mass is 303 g/mol. The second-order valence-corrected chi connectivity index (χ2v) is 6.37. The molecule has 2 rings (SSSR count). The molecular formula is C16H21N3O3. The Hall–Kier alpha value is -2.21. The standard InChI is InChI=1S/C16H21N3O3/c1-16(2,3)14(21)9-17-15(22)10-19-12-7-5-4-6-11(12)13(20)8-18-19/h4-8,14,21H,9-10H2,1-3H3,(H,17,22). The summed E-state index contributed by atoms with van der Waals surface area (Å²) in [6.45, 7) is 5.89. The number of hydrogen-bond donors (Lipinski definition) is 2. The van der Waals surface area contributed by atoms with Crippen molar-refractivity contribution in [1.82, 2.24) is 15.1 Å². The van der Waals surface area contributed by atoms with Crippen LogP contribution in [-0.2, 0) is 11.3 Å². The van der Waals surface area contributed by atoms with Gasteiger partial charge in [0.15, 0.2) is 0 Å². The smallest absolute Gasteiger partial charge is 0.241 e. The summed E-state index contributed by atoms with van der Waals surface area (Å²) in [5.41, 5.74) is 0.146. The zero-order valence-electron chi connectivity index (χ0n) is 13.0. The van der Waals surface area contributed by atoms with Crippen LogP contribution in [0.3, 0.4) is 0 Å². The van der Waals surface area contributed by atoms with E-state index in [1.54, 1.807) is 24.3 Å². The third-order valence-electron chi connectivity index (χ3n) is 3.55. The van der Waals surface area contributed by atoms with Crippen LogP contribution < -0.4 is 10.7 Å². The van der Waals surface area contributed by atoms with Crippen LogP contribution in [-0.4, -0.2) is 33.4 Å². The van der Waals surface area contributed by atoms with E-state index in [0.29, 0.717) is 10.9 Å². The molecule has 0 aliphatic carbocycles. The number of fused-ring (bicyclic) bond motifs is 1. The Morgan fingerprint density at radius 1 is 1.36 bits per heavy atom. The van der Waals surface area contributed by atoms with E-state index in [2.05, 4.69) is 10.4 Å². The van der Waals surface area contributed by atoms with Crippen LogP contribution in [0.4, 0.5) is 0 Å². The van der Waals surface area contributed by atoms with E-state index < -0.39 is 6.10 Å². The molecule has 0 saturated heterocycles. The van der Waals surface area contributed by atoms with Gasteiger partial charge in [0.05, 0.1) is 17.8 Å². The number of para-hydroxylation sites is 1. The summed E-state index contributed by atoms with van der Waals surface area (Å²) in [6.07, 6.45) is 0.578. The molecule has 22 heavy (non-hydrogen) atoms. The van der Waals surface area contributed by atoms with Crippen molar-refractivity contribution in [2.75, 3.05) is 6.54 Å². The highest BCUT2D eigenvalue weighted by molar-refractivity contribution is 5.81. The summed E-state index contributed by atoms with van der Waals surface area (Å²) < 4.78 is 1.48. The van der Waals surface area contributed by atoms with Crippen LogP contribution in [0.25, 0.3) is 10.9 Å². The lowest BCUT2D eigenvalue weighted by Gasteiger charge is -2.25. The number of carbonyl (C=O) groups excluding carboxylic acids is 1. The zero-order valence-corrected chi connectivity index (χ0v) is 13.0. The summed E-state index contributed by atoms with van der Waals surface area (Å²) in [7, 11) is 0. The first-order valence-corrected chi connectivity index (χ1v) is 7.18. The summed E-state index contributed by atoms with van der Waals surface area (Å²) >= 11 is 0. The van der Waals surface area contributed by atoms with Gasteiger partial charge >= 0.3 is 0 Å². The van der Waals surface area contributed by atoms with Gasteiger partial charge in [-0.3, -0.25) is 14.3 Å². The number of carbonyl (C=O) groups is 1. The van der Waals surface area contributed by atoms with Crippen LogP contribution in [0.5, 0.6) is 0 Å². The Balaban J connectivity index is 2.10. The number of rotatable bonds is 4. The molecule has 1 aromatic carbocycles. The second-order valence-electron chi connectivity index (χ2n) is 6.37. The molecule has 1 atom stereocenters. The molecular weight excluding hydrogens is 282 g/mol. The number of nitrogens with one attached hydrogen (secondary N) is 1. The van der Waals surface area contributed by atoms with Gasteiger partial charge in [-0.1, -0.05) is 32.9 Å². The van der Waals surface area contributed by atoms with Gasteiger partial charge in [0.1, 0.15) is 6.54 Å². The van der Waals surface area contributed by atoms with Gasteiger partial charge in [0.25, 0.3) is 0 Å². The highest BCUT2D eigenvalue weighted by atomic mass is 16.3. The molecule has 0 spiro atoms. The van der Waals surface area contributed by atoms with Gasteiger partial charge in [0.2, 0.25) is 11.3 Å². The highest BCUT2D eigenvalue weighted by Crippen LogP contribution is 2.18. The summed E-state index contributed by atoms with van der Waals surface area (Å²) in [5, 5.41) is 17.2. The summed E-state index contributed by atoms with van der Waals surface area (Å²) in [4.78, 5) is 23.7. The van der Waals surface area contributed by atoms with E-state index in [-0.39, 0.29) is 29.8 Å². The molecule has 0 fully saturated rings. The van der Waals surface area contributed by atoms with Crippen molar-refractivity contribution in [3.8, 4) is 0 Å². The van der Waals surface area contributed by atoms with E-state index in [1.807, 2.05) is 20.8 Å². The largest absolute Gasteiger partial charge is 0.391 e. The minimum atomic E-state index is -0.629. The molecule has 0 bridgehead atoms. The van der Waals surface area contributed by atoms with E-state index in [1.165, 1.54) is 10.9 Å². The molecule has 6 heteroatoms. The Morgan fingerprint density at radius 2 is 2.05 bits per heavy atom. The minimum Gasteiger partial charge on any atom is -0.391 e. The SMILES string of the molecule is CC(C)(C)C(O)CNC(=O)Cn1ncc(=O)c2ccccc21. The Kier molecular flexibility index (Phi) is 4.61. The van der Waals surface area contributed by atoms with Crippen LogP contribution in [0, 0.1) is 5.41 Å². The second kappa shape index (κ2) is 6.27. The van der Waals surface area contributed by atoms with Crippen molar-refractivity contribution in [1.29, 1.82) is 0 Å². The van der Waals surface area contributed by atoms with Crippen molar-refractivity contribution in [2.45, 2.75) is 33.4 Å². The Morgan fingerprint density at radius 3 is 2.73 bits per heavy atom. The summed E-state index contributed by atoms with van der Waals surface area (Å²) in [6, 6.07) is 7.02. The maximum Gasteiger partial charge on any atom is 0.241 e. The van der Waals surface area contributed by atoms with Gasteiger partial charge < -0.3 is 10.4 Å². The van der Waals surface area contributed by atoms with Crippen LogP contribution in [0.1, 0.15) is 20.8 Å². The van der Waals surface area contributed by atoms with Gasteiger partial charge in [-0.25, -0.2) is 0 Å². The lowest BCUT2D eigenvalue weighted by atomic mass is 9.89. The molecule has 2 aromatic rings. The topological polar surface area (TPSA) is 84.2 Å². The predicted octanol–water partition coefficient (Wildman–Crippen LogP) is 0.920. The number of hydrogen-bond acceptors (Lipinski definition) is 4. The number of aromatic nitrogens is 2. The minimum absolute atomic E-state index is 0.00233. The first kappa shape index (κ1) is 16.2. The molecule has 118 valence electrons. The quantitative estimate of drug-likeness (QED) is 0.879. The van der Waals surface area contributed by atoms with Crippen molar-refractivity contribution in [3.05, 3.63) is 40.7 Å². The van der Waals surface area contributed by atoms with Gasteiger partial charge in [-0.2, -0.15) is 5.10 Å². The zero-order chi connectivity index (χ0) is 16.3. The van der Waals surface area contributed by atoms with Crippen molar-refractivity contribution < 1.29 is 9.90 Å². The van der Waals surface area contributed by atoms with Crippen LogP contribution >= 0.6 is 0 Å². The first-order chi connectivity index (χ1) is 10.3. The molecule has 1 amide bonds. The van der Waals surface area contributed by atoms with Gasteiger partial charge in [0, 0.05) is 11.9 Å². The summed E-state index contributed by atoms with van der Waals surface area (Å²) in [5.74, 6) is -0.260. The average molecular weight is 303 g/mol. The van der Waals surface area contributed by atoms with Gasteiger partial charge in [-0.05, 0) is 17.5 Å². The van der Waals surface area contributed by atoms with E-state index >= 15 is 0 Å². The third-order valence-corrected chi connectivity index (χ3v) is 3.55. The predicted molar refractivity (Wildman–Crippen MR) is 84.5 cm³/mol. The van der Waals surface area contributed by atoms with Crippen LogP contribution in [0.15, 0.2) is 35.3 Å². The molecule has 1 heterocycles. The van der Waals surface area contributed by atoms with Crippen LogP contribution in [0.2, 0.25) is 0 Å². The number of benzene rings is 1. The maximum absolute atomic E-state index is 12.0. The molecule has 1 unspecified atom stereocenters. The molecule has 2 N–H and O–H groups in total. The lowest BCUT2D eigenvalue weighted by molar-refractivity contribution is -0.122. The average Bonchev–Trinajstić information content (AvgIpc) is 2.47. The Bertz CT molecular complexity index is 731. The number of aliphatic hydroxyl groups is 1. The molecule has 0 aliphatic rings. The highest BCUT2D eigenvalue weighted by Gasteiger charge is 2.22. The van der Waals surface area contributed by atoms with E-state index in [9.17, 15) is 14.7 Å². The van der Waals surface area contributed by atoms with Crippen molar-refractivity contribution in [2.24, 2.45) is 5.41 Å².